The van der Waals surface area contributed by atoms with E-state index in [1.165, 1.54) is 27.5 Å². The molecule has 0 N–H and O–H groups in total. The Balaban J connectivity index is 0.956. The topological polar surface area (TPSA) is 43.4 Å². The molecular formula is C54H31B3N2O4. The molecule has 0 saturated carbocycles. The average Bonchev–Trinajstić information content (AvgIpc) is 3.33. The second-order valence-electron chi connectivity index (χ2n) is 17.1. The van der Waals surface area contributed by atoms with E-state index in [2.05, 4.69) is 180 Å². The van der Waals surface area contributed by atoms with Crippen molar-refractivity contribution in [2.75, 3.05) is 9.80 Å². The summed E-state index contributed by atoms with van der Waals surface area (Å²) in [6.07, 6.45) is 0. The summed E-state index contributed by atoms with van der Waals surface area (Å²) >= 11 is 0. The molecule has 6 aliphatic heterocycles. The van der Waals surface area contributed by atoms with E-state index in [4.69, 9.17) is 18.9 Å². The zero-order chi connectivity index (χ0) is 40.9. The molecule has 0 unspecified atom stereocenters. The van der Waals surface area contributed by atoms with Crippen molar-refractivity contribution in [2.24, 2.45) is 0 Å². The van der Waals surface area contributed by atoms with Gasteiger partial charge in [-0.15, -0.1) is 0 Å². The molecule has 0 fully saturated rings. The van der Waals surface area contributed by atoms with E-state index in [1.54, 1.807) is 0 Å². The number of rotatable bonds is 3. The number of benzene rings is 9. The van der Waals surface area contributed by atoms with Gasteiger partial charge in [-0.1, -0.05) is 109 Å². The molecule has 9 aromatic rings. The number of hydrogen-bond acceptors (Lipinski definition) is 6. The first-order valence-electron chi connectivity index (χ1n) is 21.6. The molecular weight excluding hydrogens is 773 g/mol. The molecule has 6 heterocycles. The summed E-state index contributed by atoms with van der Waals surface area (Å²) in [5.41, 5.74) is 16.7. The lowest BCUT2D eigenvalue weighted by Gasteiger charge is -2.47. The summed E-state index contributed by atoms with van der Waals surface area (Å²) in [6.45, 7) is -0.257. The van der Waals surface area contributed by atoms with Crippen LogP contribution < -0.4 is 77.9 Å². The smallest absolute Gasteiger partial charge is 0.260 e. The monoisotopic (exact) mass is 804 g/mol. The van der Waals surface area contributed by atoms with Crippen LogP contribution in [0.15, 0.2) is 188 Å². The number of nitrogens with zero attached hydrogens (tertiary/aromatic N) is 2. The maximum absolute atomic E-state index is 7.22. The Kier molecular flexibility index (Phi) is 6.57. The van der Waals surface area contributed by atoms with Gasteiger partial charge in [0, 0.05) is 52.1 Å². The van der Waals surface area contributed by atoms with Crippen LogP contribution in [0.4, 0.5) is 34.1 Å². The predicted octanol–water partition coefficient (Wildman–Crippen LogP) is 7.22. The van der Waals surface area contributed by atoms with Crippen molar-refractivity contribution in [1.29, 1.82) is 0 Å². The SMILES string of the molecule is c1ccc(N(c2ccccc2)c2cc3c4c(c2)Oc2cc5c(cc2B4c2ccccc2O3)Oc2cc3c4c6c2B5c2ccccc2N6c2ccccc2B4c2ccccc2O3)cc1. The quantitative estimate of drug-likeness (QED) is 0.176. The molecule has 0 amide bonds. The third-order valence-electron chi connectivity index (χ3n) is 13.9. The van der Waals surface area contributed by atoms with Crippen LogP contribution in [-0.2, 0) is 0 Å². The summed E-state index contributed by atoms with van der Waals surface area (Å²) in [5.74, 6) is 6.55. The fourth-order valence-corrected chi connectivity index (χ4v) is 11.4. The zero-order valence-corrected chi connectivity index (χ0v) is 33.7. The van der Waals surface area contributed by atoms with Gasteiger partial charge >= 0.3 is 0 Å². The molecule has 0 saturated heterocycles. The molecule has 0 radical (unpaired) electrons. The Morgan fingerprint density at radius 2 is 0.698 bits per heavy atom. The Labute approximate surface area is 364 Å². The lowest BCUT2D eigenvalue weighted by atomic mass is 9.29. The molecule has 0 atom stereocenters. The van der Waals surface area contributed by atoms with Crippen LogP contribution >= 0.6 is 0 Å². The lowest BCUT2D eigenvalue weighted by molar-refractivity contribution is 0.458. The fourth-order valence-electron chi connectivity index (χ4n) is 11.4. The molecule has 6 aliphatic rings. The molecule has 9 aromatic carbocycles. The van der Waals surface area contributed by atoms with Crippen molar-refractivity contribution in [3.8, 4) is 46.0 Å². The molecule has 63 heavy (non-hydrogen) atoms. The van der Waals surface area contributed by atoms with Crippen molar-refractivity contribution in [3.63, 3.8) is 0 Å². The highest BCUT2D eigenvalue weighted by atomic mass is 16.5. The van der Waals surface area contributed by atoms with E-state index in [-0.39, 0.29) is 20.1 Å². The van der Waals surface area contributed by atoms with Gasteiger partial charge in [0.05, 0.1) is 5.69 Å². The summed E-state index contributed by atoms with van der Waals surface area (Å²) in [5, 5.41) is 0. The van der Waals surface area contributed by atoms with Gasteiger partial charge in [0.2, 0.25) is 0 Å². The van der Waals surface area contributed by atoms with E-state index in [9.17, 15) is 0 Å². The fraction of sp³-hybridized carbons (Fsp3) is 0. The molecule has 9 heteroatoms. The highest BCUT2D eigenvalue weighted by Crippen LogP contribution is 2.47. The van der Waals surface area contributed by atoms with Gasteiger partial charge in [0.15, 0.2) is 0 Å². The van der Waals surface area contributed by atoms with E-state index < -0.39 is 0 Å². The van der Waals surface area contributed by atoms with Crippen molar-refractivity contribution in [1.82, 2.24) is 0 Å². The van der Waals surface area contributed by atoms with Gasteiger partial charge in [0.1, 0.15) is 46.0 Å². The van der Waals surface area contributed by atoms with Crippen LogP contribution in [0.2, 0.25) is 0 Å². The van der Waals surface area contributed by atoms with Gasteiger partial charge in [-0.2, -0.15) is 0 Å². The van der Waals surface area contributed by atoms with Crippen LogP contribution in [0, 0.1) is 0 Å². The highest BCUT2D eigenvalue weighted by Gasteiger charge is 2.51. The number of para-hydroxylation sites is 6. The minimum absolute atomic E-state index is 0.0108. The molecule has 0 aromatic heterocycles. The predicted molar refractivity (Wildman–Crippen MR) is 256 cm³/mol. The molecule has 0 aliphatic carbocycles. The molecule has 0 spiro atoms. The second-order valence-corrected chi connectivity index (χ2v) is 17.1. The van der Waals surface area contributed by atoms with E-state index in [0.717, 1.165) is 102 Å². The minimum atomic E-state index is -0.147. The maximum atomic E-state index is 7.22. The van der Waals surface area contributed by atoms with Crippen molar-refractivity contribution >= 4 is 103 Å². The van der Waals surface area contributed by atoms with Crippen LogP contribution in [0.25, 0.3) is 0 Å². The van der Waals surface area contributed by atoms with E-state index in [1.807, 2.05) is 18.2 Å². The minimum Gasteiger partial charge on any atom is -0.458 e. The normalized spacial score (nSPS) is 14.1. The van der Waals surface area contributed by atoms with Crippen molar-refractivity contribution in [2.45, 2.75) is 0 Å². The Morgan fingerprint density at radius 1 is 0.302 bits per heavy atom. The first kappa shape index (κ1) is 33.7. The number of hydrogen-bond donors (Lipinski definition) is 0. The second kappa shape index (κ2) is 12.3. The third kappa shape index (κ3) is 4.50. The van der Waals surface area contributed by atoms with E-state index >= 15 is 0 Å². The first-order chi connectivity index (χ1) is 31.2. The van der Waals surface area contributed by atoms with Gasteiger partial charge in [-0.3, -0.25) is 0 Å². The van der Waals surface area contributed by atoms with Crippen molar-refractivity contribution < 1.29 is 18.9 Å². The van der Waals surface area contributed by atoms with Crippen LogP contribution in [0.5, 0.6) is 46.0 Å². The Bertz CT molecular complexity index is 3430. The zero-order valence-electron chi connectivity index (χ0n) is 33.7. The molecule has 15 rings (SSSR count). The van der Waals surface area contributed by atoms with Gasteiger partial charge in [0.25, 0.3) is 20.1 Å². The van der Waals surface area contributed by atoms with Gasteiger partial charge < -0.3 is 28.7 Å². The first-order valence-corrected chi connectivity index (χ1v) is 21.6. The highest BCUT2D eigenvalue weighted by molar-refractivity contribution is 7.04. The lowest BCUT2D eigenvalue weighted by Crippen LogP contribution is -2.67. The Hall–Kier alpha value is -8.03. The van der Waals surface area contributed by atoms with Gasteiger partial charge in [-0.05, 0) is 104 Å². The van der Waals surface area contributed by atoms with E-state index in [0.29, 0.717) is 0 Å². The van der Waals surface area contributed by atoms with Crippen LogP contribution in [-0.4, -0.2) is 20.1 Å². The summed E-state index contributed by atoms with van der Waals surface area (Å²) in [4.78, 5) is 4.72. The average molecular weight is 804 g/mol. The molecule has 0 bridgehead atoms. The summed E-state index contributed by atoms with van der Waals surface area (Å²) < 4.78 is 28.1. The number of ether oxygens (including phenoxy) is 4. The largest absolute Gasteiger partial charge is 0.458 e. The summed E-state index contributed by atoms with van der Waals surface area (Å²) in [6, 6.07) is 66.5. The third-order valence-corrected chi connectivity index (χ3v) is 13.9. The van der Waals surface area contributed by atoms with Crippen LogP contribution in [0.3, 0.4) is 0 Å². The van der Waals surface area contributed by atoms with Crippen molar-refractivity contribution in [3.05, 3.63) is 188 Å². The maximum Gasteiger partial charge on any atom is 0.260 e. The molecule has 290 valence electrons. The number of anilines is 6. The standard InChI is InChI=1S/C54H31B3N2O4/c1-3-15-32(16-4-1)58(33-17-5-2-6-18-33)34-27-47-51-48(28-34)62-46-29-39-45(30-40(46)57(51)38-22-10-14-26-44(38)60-47)63-50-31-49-52-54-53(50)56(39)36-20-8-12-24-42(36)59(54)41-23-11-7-19-35(41)55(52)37-21-9-13-25-43(37)61-49/h1-31H. The molecule has 6 nitrogen and oxygen atoms in total. The summed E-state index contributed by atoms with van der Waals surface area (Å²) in [7, 11) is 0. The van der Waals surface area contributed by atoms with Gasteiger partial charge in [-0.25, -0.2) is 0 Å². The Morgan fingerprint density at radius 3 is 1.22 bits per heavy atom. The number of fused-ring (bicyclic) bond motifs is 14. The van der Waals surface area contributed by atoms with Crippen LogP contribution in [0.1, 0.15) is 0 Å².